The molecule has 0 aromatic rings. The lowest BCUT2D eigenvalue weighted by atomic mass is 9.77. The molecule has 2 N–H and O–H groups in total. The third-order valence-electron chi connectivity index (χ3n) is 10.2. The molecule has 0 radical (unpaired) electrons. The third-order valence-corrected chi connectivity index (χ3v) is 10.2. The number of aliphatic carboxylic acids is 1. The summed E-state index contributed by atoms with van der Waals surface area (Å²) in [5.74, 6) is -0.00792. The topological polar surface area (TPSA) is 99.2 Å². The second kappa shape index (κ2) is 26.2. The second-order valence-electron chi connectivity index (χ2n) is 14.3. The van der Waals surface area contributed by atoms with Gasteiger partial charge in [0.2, 0.25) is 0 Å². The molecular weight excluding hydrogens is 578 g/mol. The van der Waals surface area contributed by atoms with E-state index in [1.165, 1.54) is 89.9 Å². The van der Waals surface area contributed by atoms with E-state index in [2.05, 4.69) is 24.1 Å². The van der Waals surface area contributed by atoms with E-state index < -0.39 is 5.97 Å². The maximum atomic E-state index is 13.6. The molecule has 0 bridgehead atoms. The fraction of sp³-hybridized carbons (Fsp3) is 0.921. The molecule has 2 rings (SSSR count). The van der Waals surface area contributed by atoms with Gasteiger partial charge in [0, 0.05) is 45.1 Å². The van der Waals surface area contributed by atoms with Gasteiger partial charge in [0.1, 0.15) is 0 Å². The Morgan fingerprint density at radius 3 is 2.00 bits per heavy atom. The van der Waals surface area contributed by atoms with Gasteiger partial charge in [0.25, 0.3) is 0 Å². The first kappa shape index (κ1) is 40.3. The van der Waals surface area contributed by atoms with Crippen molar-refractivity contribution in [3.63, 3.8) is 0 Å². The zero-order valence-electron chi connectivity index (χ0n) is 29.9. The highest BCUT2D eigenvalue weighted by Crippen LogP contribution is 2.35. The van der Waals surface area contributed by atoms with Crippen LogP contribution in [-0.4, -0.2) is 78.2 Å². The molecule has 2 fully saturated rings. The minimum absolute atomic E-state index is 0.0582. The summed E-state index contributed by atoms with van der Waals surface area (Å²) in [5.41, 5.74) is 0. The molecule has 1 saturated heterocycles. The summed E-state index contributed by atoms with van der Waals surface area (Å²) in [6, 6.07) is 0.342. The van der Waals surface area contributed by atoms with E-state index in [1.54, 1.807) is 0 Å². The van der Waals surface area contributed by atoms with E-state index in [0.29, 0.717) is 24.9 Å². The predicted octanol–water partition coefficient (Wildman–Crippen LogP) is 8.96. The van der Waals surface area contributed by atoms with Crippen molar-refractivity contribution >= 4 is 18.0 Å². The van der Waals surface area contributed by atoms with Crippen LogP contribution in [0.4, 0.5) is 4.79 Å². The van der Waals surface area contributed by atoms with Gasteiger partial charge >= 0.3 is 18.0 Å². The molecule has 2 amide bonds. The Morgan fingerprint density at radius 1 is 0.783 bits per heavy atom. The Hall–Kier alpha value is -1.83. The van der Waals surface area contributed by atoms with Gasteiger partial charge in [-0.25, -0.2) is 4.79 Å². The summed E-state index contributed by atoms with van der Waals surface area (Å²) in [7, 11) is 0. The van der Waals surface area contributed by atoms with Crippen LogP contribution in [0.3, 0.4) is 0 Å². The summed E-state index contributed by atoms with van der Waals surface area (Å²) in [6.07, 6.45) is 26.0. The number of hydrogen-bond acceptors (Lipinski definition) is 5. The van der Waals surface area contributed by atoms with Gasteiger partial charge in [-0.05, 0) is 63.3 Å². The molecule has 1 aliphatic carbocycles. The van der Waals surface area contributed by atoms with Crippen molar-refractivity contribution in [2.24, 2.45) is 11.8 Å². The first-order valence-corrected chi connectivity index (χ1v) is 19.6. The SMILES string of the molecule is CCCCCCCCC(CCCCCCCC)COC(=O)CC1CC(N(CCCCCCCC(=O)O)C(=O)N2CCCNCC2)C1. The molecule has 0 aromatic heterocycles. The Bertz CT molecular complexity index is 779. The maximum absolute atomic E-state index is 13.6. The third kappa shape index (κ3) is 18.5. The van der Waals surface area contributed by atoms with Crippen LogP contribution < -0.4 is 5.32 Å². The van der Waals surface area contributed by atoms with Crippen molar-refractivity contribution in [3.05, 3.63) is 0 Å². The normalized spacial score (nSPS) is 18.3. The highest BCUT2D eigenvalue weighted by atomic mass is 16.5. The average Bonchev–Trinajstić information content (AvgIpc) is 3.32. The van der Waals surface area contributed by atoms with Crippen LogP contribution in [0.1, 0.15) is 168 Å². The van der Waals surface area contributed by atoms with Gasteiger partial charge in [0.15, 0.2) is 0 Å². The summed E-state index contributed by atoms with van der Waals surface area (Å²) >= 11 is 0. The molecular formula is C38H71N3O5. The van der Waals surface area contributed by atoms with Gasteiger partial charge in [-0.3, -0.25) is 9.59 Å². The standard InChI is InChI=1S/C38H71N3O5/c1-3-5-7-9-12-16-21-33(22-17-13-10-8-6-4-2)32-46-37(44)31-34-29-35(30-34)41(27-19-15-11-14-18-23-36(42)43)38(45)40-26-20-24-39-25-28-40/h33-35,39H,3-32H2,1-2H3,(H,42,43). The van der Waals surface area contributed by atoms with Gasteiger partial charge in [-0.2, -0.15) is 0 Å². The van der Waals surface area contributed by atoms with Crippen LogP contribution in [0.5, 0.6) is 0 Å². The van der Waals surface area contributed by atoms with Gasteiger partial charge < -0.3 is 25.0 Å². The molecule has 0 spiro atoms. The molecule has 1 aliphatic heterocycles. The van der Waals surface area contributed by atoms with Crippen molar-refractivity contribution in [2.75, 3.05) is 39.3 Å². The van der Waals surface area contributed by atoms with Crippen LogP contribution in [0.2, 0.25) is 0 Å². The summed E-state index contributed by atoms with van der Waals surface area (Å²) in [5, 5.41) is 12.3. The van der Waals surface area contributed by atoms with E-state index in [-0.39, 0.29) is 24.5 Å². The zero-order valence-corrected chi connectivity index (χ0v) is 29.9. The van der Waals surface area contributed by atoms with Crippen LogP contribution in [-0.2, 0) is 14.3 Å². The lowest BCUT2D eigenvalue weighted by molar-refractivity contribution is -0.147. The molecule has 2 aliphatic rings. The summed E-state index contributed by atoms with van der Waals surface area (Å²) in [6.45, 7) is 9.14. The number of carbonyl (C=O) groups excluding carboxylic acids is 2. The van der Waals surface area contributed by atoms with Crippen molar-refractivity contribution in [1.29, 1.82) is 0 Å². The van der Waals surface area contributed by atoms with E-state index >= 15 is 0 Å². The van der Waals surface area contributed by atoms with Gasteiger partial charge in [0.05, 0.1) is 6.61 Å². The molecule has 0 aromatic carbocycles. The number of carboxylic acids is 1. The van der Waals surface area contributed by atoms with E-state index in [0.717, 1.165) is 84.1 Å². The zero-order chi connectivity index (χ0) is 33.2. The Balaban J connectivity index is 1.78. The molecule has 0 unspecified atom stereocenters. The Labute approximate surface area is 282 Å². The number of hydrogen-bond donors (Lipinski definition) is 2. The largest absolute Gasteiger partial charge is 0.481 e. The number of nitrogens with zero attached hydrogens (tertiary/aromatic N) is 2. The van der Waals surface area contributed by atoms with E-state index in [1.807, 2.05) is 4.90 Å². The van der Waals surface area contributed by atoms with E-state index in [9.17, 15) is 14.4 Å². The van der Waals surface area contributed by atoms with Crippen LogP contribution in [0, 0.1) is 11.8 Å². The quantitative estimate of drug-likeness (QED) is 0.0681. The number of esters is 1. The Morgan fingerprint density at radius 2 is 1.37 bits per heavy atom. The maximum Gasteiger partial charge on any atom is 0.320 e. The van der Waals surface area contributed by atoms with Crippen LogP contribution in [0.25, 0.3) is 0 Å². The first-order valence-electron chi connectivity index (χ1n) is 19.6. The van der Waals surface area contributed by atoms with Gasteiger partial charge in [-0.1, -0.05) is 110 Å². The van der Waals surface area contributed by atoms with Crippen molar-refractivity contribution < 1.29 is 24.2 Å². The fourth-order valence-electron chi connectivity index (χ4n) is 7.11. The second-order valence-corrected chi connectivity index (χ2v) is 14.3. The minimum Gasteiger partial charge on any atom is -0.481 e. The Kier molecular flexibility index (Phi) is 22.9. The van der Waals surface area contributed by atoms with Crippen molar-refractivity contribution in [3.8, 4) is 0 Å². The number of rotatable bonds is 27. The van der Waals surface area contributed by atoms with Crippen LogP contribution >= 0.6 is 0 Å². The molecule has 0 atom stereocenters. The summed E-state index contributed by atoms with van der Waals surface area (Å²) < 4.78 is 5.91. The lowest BCUT2D eigenvalue weighted by Crippen LogP contribution is -2.53. The molecule has 8 heteroatoms. The van der Waals surface area contributed by atoms with Crippen molar-refractivity contribution in [2.45, 2.75) is 174 Å². The van der Waals surface area contributed by atoms with Crippen molar-refractivity contribution in [1.82, 2.24) is 15.1 Å². The highest BCUT2D eigenvalue weighted by Gasteiger charge is 2.38. The molecule has 46 heavy (non-hydrogen) atoms. The summed E-state index contributed by atoms with van der Waals surface area (Å²) in [4.78, 5) is 41.4. The number of carboxylic acid groups (broad SMARTS) is 1. The van der Waals surface area contributed by atoms with E-state index in [4.69, 9.17) is 9.84 Å². The molecule has 268 valence electrons. The number of unbranched alkanes of at least 4 members (excludes halogenated alkanes) is 14. The van der Waals surface area contributed by atoms with Gasteiger partial charge in [-0.15, -0.1) is 0 Å². The minimum atomic E-state index is -0.728. The first-order chi connectivity index (χ1) is 22.4. The lowest BCUT2D eigenvalue weighted by Gasteiger charge is -2.44. The number of urea groups is 1. The monoisotopic (exact) mass is 650 g/mol. The number of nitrogens with one attached hydrogen (secondary N) is 1. The number of carbonyl (C=O) groups is 3. The molecule has 8 nitrogen and oxygen atoms in total. The molecule has 1 saturated carbocycles. The predicted molar refractivity (Wildman–Crippen MR) is 188 cm³/mol. The molecule has 1 heterocycles. The number of ether oxygens (including phenoxy) is 1. The number of amides is 2. The fourth-order valence-corrected chi connectivity index (χ4v) is 7.11. The average molecular weight is 650 g/mol. The highest BCUT2D eigenvalue weighted by molar-refractivity contribution is 5.75. The van der Waals surface area contributed by atoms with Crippen LogP contribution in [0.15, 0.2) is 0 Å². The smallest absolute Gasteiger partial charge is 0.320 e.